The van der Waals surface area contributed by atoms with Crippen molar-refractivity contribution in [3.8, 4) is 11.1 Å². The molecule has 0 spiro atoms. The monoisotopic (exact) mass is 438 g/mol. The maximum absolute atomic E-state index is 12.6. The van der Waals surface area contributed by atoms with Crippen LogP contribution < -0.4 is 5.32 Å². The van der Waals surface area contributed by atoms with Gasteiger partial charge < -0.3 is 20.1 Å². The van der Waals surface area contributed by atoms with E-state index in [1.54, 1.807) is 0 Å². The van der Waals surface area contributed by atoms with E-state index in [2.05, 4.69) is 29.6 Å². The van der Waals surface area contributed by atoms with Crippen molar-refractivity contribution in [1.29, 1.82) is 0 Å². The Hall–Kier alpha value is -3.35. The zero-order valence-corrected chi connectivity index (χ0v) is 18.9. The van der Waals surface area contributed by atoms with Crippen LogP contribution >= 0.6 is 0 Å². The van der Waals surface area contributed by atoms with E-state index < -0.39 is 24.1 Å². The summed E-state index contributed by atoms with van der Waals surface area (Å²) in [4.78, 5) is 37.4. The molecule has 7 heteroatoms. The molecule has 7 nitrogen and oxygen atoms in total. The molecule has 0 aromatic heterocycles. The van der Waals surface area contributed by atoms with Crippen LogP contribution in [0.4, 0.5) is 4.79 Å². The highest BCUT2D eigenvalue weighted by atomic mass is 16.5. The molecule has 2 aromatic carbocycles. The molecule has 32 heavy (non-hydrogen) atoms. The third-order valence-corrected chi connectivity index (χ3v) is 6.18. The van der Waals surface area contributed by atoms with Crippen LogP contribution in [0.2, 0.25) is 0 Å². The second kappa shape index (κ2) is 9.85. The molecule has 170 valence electrons. The lowest BCUT2D eigenvalue weighted by atomic mass is 9.98. The predicted molar refractivity (Wildman–Crippen MR) is 121 cm³/mol. The molecule has 1 aliphatic rings. The van der Waals surface area contributed by atoms with Gasteiger partial charge in [0.1, 0.15) is 12.6 Å². The SMILES string of the molecule is CC(C)[C@@H](CC(=O)N(C)C(C)C(=O)O)NC(=O)OCC1c2ccccc2-c2ccccc21. The lowest BCUT2D eigenvalue weighted by Crippen LogP contribution is -2.46. The van der Waals surface area contributed by atoms with Crippen LogP contribution in [-0.2, 0) is 14.3 Å². The summed E-state index contributed by atoms with van der Waals surface area (Å²) in [5.74, 6) is -1.51. The lowest BCUT2D eigenvalue weighted by molar-refractivity contribution is -0.148. The van der Waals surface area contributed by atoms with Gasteiger partial charge in [-0.1, -0.05) is 62.4 Å². The number of aliphatic carboxylic acids is 1. The number of alkyl carbamates (subject to hydrolysis) is 1. The van der Waals surface area contributed by atoms with E-state index in [0.29, 0.717) is 0 Å². The molecule has 2 amide bonds. The molecular formula is C25H30N2O5. The number of benzene rings is 2. The standard InChI is InChI=1S/C25H30N2O5/c1-15(2)22(13-23(28)27(4)16(3)24(29)30)26-25(31)32-14-21-19-11-7-5-9-17(19)18-10-6-8-12-20(18)21/h5-12,15-16,21-22H,13-14H2,1-4H3,(H,26,31)(H,29,30)/t16?,22-/m1/s1. The van der Waals surface area contributed by atoms with Gasteiger partial charge >= 0.3 is 12.1 Å². The van der Waals surface area contributed by atoms with Crippen molar-refractivity contribution >= 4 is 18.0 Å². The number of carboxylic acid groups (broad SMARTS) is 1. The first kappa shape index (κ1) is 23.3. The van der Waals surface area contributed by atoms with Crippen molar-refractivity contribution in [3.63, 3.8) is 0 Å². The minimum Gasteiger partial charge on any atom is -0.480 e. The number of carboxylic acids is 1. The third-order valence-electron chi connectivity index (χ3n) is 6.18. The number of carbonyl (C=O) groups is 3. The van der Waals surface area contributed by atoms with Crippen molar-refractivity contribution < 1.29 is 24.2 Å². The quantitative estimate of drug-likeness (QED) is 0.652. The van der Waals surface area contributed by atoms with Crippen LogP contribution in [0.25, 0.3) is 11.1 Å². The van der Waals surface area contributed by atoms with Crippen LogP contribution in [0.3, 0.4) is 0 Å². The molecule has 2 atom stereocenters. The number of hydrogen-bond donors (Lipinski definition) is 2. The molecule has 3 rings (SSSR count). The fraction of sp³-hybridized carbons (Fsp3) is 0.400. The summed E-state index contributed by atoms with van der Waals surface area (Å²) < 4.78 is 5.58. The van der Waals surface area contributed by atoms with E-state index >= 15 is 0 Å². The molecule has 2 aromatic rings. The molecule has 0 saturated carbocycles. The second-order valence-electron chi connectivity index (χ2n) is 8.54. The normalized spacial score (nSPS) is 14.3. The number of ether oxygens (including phenoxy) is 1. The van der Waals surface area contributed by atoms with Gasteiger partial charge in [-0.2, -0.15) is 0 Å². The highest BCUT2D eigenvalue weighted by molar-refractivity contribution is 5.84. The van der Waals surface area contributed by atoms with Crippen molar-refractivity contribution in [2.24, 2.45) is 5.92 Å². The summed E-state index contributed by atoms with van der Waals surface area (Å²) in [5.41, 5.74) is 4.56. The molecule has 1 aliphatic carbocycles. The zero-order chi connectivity index (χ0) is 23.4. The molecule has 0 heterocycles. The summed E-state index contributed by atoms with van der Waals surface area (Å²) in [6.45, 7) is 5.42. The lowest BCUT2D eigenvalue weighted by Gasteiger charge is -2.27. The summed E-state index contributed by atoms with van der Waals surface area (Å²) in [6, 6.07) is 14.8. The van der Waals surface area contributed by atoms with E-state index in [1.165, 1.54) is 18.9 Å². The van der Waals surface area contributed by atoms with Crippen molar-refractivity contribution in [3.05, 3.63) is 59.7 Å². The molecule has 0 fully saturated rings. The summed E-state index contributed by atoms with van der Waals surface area (Å²) in [5, 5.41) is 11.9. The first-order chi connectivity index (χ1) is 15.2. The molecule has 0 radical (unpaired) electrons. The largest absolute Gasteiger partial charge is 0.480 e. The molecule has 2 N–H and O–H groups in total. The Kier molecular flexibility index (Phi) is 7.18. The first-order valence-electron chi connectivity index (χ1n) is 10.8. The Labute approximate surface area is 188 Å². The average Bonchev–Trinajstić information content (AvgIpc) is 3.09. The fourth-order valence-electron chi connectivity index (χ4n) is 3.96. The maximum Gasteiger partial charge on any atom is 0.407 e. The predicted octanol–water partition coefficient (Wildman–Crippen LogP) is 3.87. The van der Waals surface area contributed by atoms with Gasteiger partial charge in [0.15, 0.2) is 0 Å². The Balaban J connectivity index is 1.63. The second-order valence-corrected chi connectivity index (χ2v) is 8.54. The molecule has 0 aliphatic heterocycles. The van der Waals surface area contributed by atoms with E-state index in [1.807, 2.05) is 38.1 Å². The Morgan fingerprint density at radius 1 is 1.00 bits per heavy atom. The molecule has 1 unspecified atom stereocenters. The van der Waals surface area contributed by atoms with Gasteiger partial charge in [-0.25, -0.2) is 9.59 Å². The van der Waals surface area contributed by atoms with E-state index in [0.717, 1.165) is 22.3 Å². The minimum atomic E-state index is -1.08. The number of carbonyl (C=O) groups excluding carboxylic acids is 2. The summed E-state index contributed by atoms with van der Waals surface area (Å²) in [6.07, 6.45) is -0.594. The van der Waals surface area contributed by atoms with Gasteiger partial charge in [0, 0.05) is 25.4 Å². The van der Waals surface area contributed by atoms with Gasteiger partial charge in [0.2, 0.25) is 5.91 Å². The smallest absolute Gasteiger partial charge is 0.407 e. The van der Waals surface area contributed by atoms with E-state index in [4.69, 9.17) is 9.84 Å². The molecule has 0 bridgehead atoms. The first-order valence-corrected chi connectivity index (χ1v) is 10.8. The van der Waals surface area contributed by atoms with Crippen LogP contribution in [0.15, 0.2) is 48.5 Å². The number of likely N-dealkylation sites (N-methyl/N-ethyl adjacent to an activating group) is 1. The number of nitrogens with one attached hydrogen (secondary N) is 1. The average molecular weight is 439 g/mol. The topological polar surface area (TPSA) is 95.9 Å². The van der Waals surface area contributed by atoms with Crippen LogP contribution in [-0.4, -0.2) is 53.7 Å². The van der Waals surface area contributed by atoms with Gasteiger partial charge in [0.25, 0.3) is 0 Å². The number of fused-ring (bicyclic) bond motifs is 3. The summed E-state index contributed by atoms with van der Waals surface area (Å²) in [7, 11) is 1.45. The highest BCUT2D eigenvalue weighted by Crippen LogP contribution is 2.44. The van der Waals surface area contributed by atoms with Gasteiger partial charge in [-0.3, -0.25) is 4.79 Å². The number of nitrogens with zero attached hydrogens (tertiary/aromatic N) is 1. The fourth-order valence-corrected chi connectivity index (χ4v) is 3.96. The summed E-state index contributed by atoms with van der Waals surface area (Å²) >= 11 is 0. The van der Waals surface area contributed by atoms with E-state index in [9.17, 15) is 14.4 Å². The minimum absolute atomic E-state index is 0.00399. The van der Waals surface area contributed by atoms with Gasteiger partial charge in [-0.05, 0) is 35.1 Å². The number of hydrogen-bond acceptors (Lipinski definition) is 4. The highest BCUT2D eigenvalue weighted by Gasteiger charge is 2.30. The Morgan fingerprint density at radius 3 is 2.03 bits per heavy atom. The van der Waals surface area contributed by atoms with Crippen molar-refractivity contribution in [2.75, 3.05) is 13.7 Å². The molecular weight excluding hydrogens is 408 g/mol. The third kappa shape index (κ3) is 4.93. The molecule has 0 saturated heterocycles. The van der Waals surface area contributed by atoms with Crippen LogP contribution in [0.5, 0.6) is 0 Å². The van der Waals surface area contributed by atoms with Gasteiger partial charge in [0.05, 0.1) is 0 Å². The Morgan fingerprint density at radius 2 is 1.53 bits per heavy atom. The van der Waals surface area contributed by atoms with Crippen LogP contribution in [0.1, 0.15) is 44.2 Å². The maximum atomic E-state index is 12.6. The van der Waals surface area contributed by atoms with Crippen molar-refractivity contribution in [2.45, 2.75) is 45.2 Å². The Bertz CT molecular complexity index is 958. The van der Waals surface area contributed by atoms with Gasteiger partial charge in [-0.15, -0.1) is 0 Å². The zero-order valence-electron chi connectivity index (χ0n) is 18.9. The van der Waals surface area contributed by atoms with Crippen molar-refractivity contribution in [1.82, 2.24) is 10.2 Å². The number of rotatable bonds is 8. The van der Waals surface area contributed by atoms with Crippen LogP contribution in [0, 0.1) is 5.92 Å². The van der Waals surface area contributed by atoms with E-state index in [-0.39, 0.29) is 30.8 Å². The number of amides is 2.